The van der Waals surface area contributed by atoms with Crippen LogP contribution in [-0.4, -0.2) is 46.0 Å². The number of nitrogens with zero attached hydrogens (tertiary/aromatic N) is 5. The second-order valence-corrected chi connectivity index (χ2v) is 8.64. The first-order chi connectivity index (χ1) is 13.9. The van der Waals surface area contributed by atoms with E-state index in [0.717, 1.165) is 28.8 Å². The van der Waals surface area contributed by atoms with Gasteiger partial charge in [-0.25, -0.2) is 4.98 Å². The normalized spacial score (nSPS) is 14.6. The lowest BCUT2D eigenvalue weighted by Gasteiger charge is -2.15. The number of nitrogen functional groups attached to an aromatic ring is 1. The van der Waals surface area contributed by atoms with E-state index in [-0.39, 0.29) is 17.1 Å². The van der Waals surface area contributed by atoms with Gasteiger partial charge in [-0.3, -0.25) is 4.79 Å². The van der Waals surface area contributed by atoms with Gasteiger partial charge in [0, 0.05) is 25.5 Å². The quantitative estimate of drug-likeness (QED) is 0.598. The summed E-state index contributed by atoms with van der Waals surface area (Å²) in [5.41, 5.74) is 7.28. The van der Waals surface area contributed by atoms with Crippen molar-refractivity contribution in [2.24, 2.45) is 0 Å². The van der Waals surface area contributed by atoms with E-state index in [0.29, 0.717) is 23.4 Å². The molecule has 1 unspecified atom stereocenters. The largest absolute Gasteiger partial charge is 0.368 e. The van der Waals surface area contributed by atoms with Crippen LogP contribution in [0.2, 0.25) is 0 Å². The SMILES string of the molecule is CC(Sc1cc(C(=O)NC2CC2)c2ccccc2n1)c1nc(N)nc(N(C)C)n1. The maximum atomic E-state index is 12.8. The van der Waals surface area contributed by atoms with Crippen molar-refractivity contribution in [2.75, 3.05) is 24.7 Å². The summed E-state index contributed by atoms with van der Waals surface area (Å²) in [5, 5.41) is 4.54. The predicted octanol–water partition coefficient (Wildman–Crippen LogP) is 2.81. The molecule has 150 valence electrons. The maximum Gasteiger partial charge on any atom is 0.252 e. The molecule has 8 nitrogen and oxygen atoms in total. The minimum atomic E-state index is -0.119. The van der Waals surface area contributed by atoms with E-state index in [1.807, 2.05) is 51.4 Å². The predicted molar refractivity (Wildman–Crippen MR) is 115 cm³/mol. The molecule has 2 heterocycles. The lowest BCUT2D eigenvalue weighted by molar-refractivity contribution is 0.0952. The number of hydrogen-bond donors (Lipinski definition) is 2. The lowest BCUT2D eigenvalue weighted by atomic mass is 10.1. The molecule has 0 aliphatic heterocycles. The Morgan fingerprint density at radius 2 is 1.97 bits per heavy atom. The number of aromatic nitrogens is 4. The number of amides is 1. The van der Waals surface area contributed by atoms with Gasteiger partial charge in [0.1, 0.15) is 5.82 Å². The van der Waals surface area contributed by atoms with Crippen molar-refractivity contribution in [1.29, 1.82) is 0 Å². The number of carbonyl (C=O) groups is 1. The third-order valence-electron chi connectivity index (χ3n) is 4.57. The Balaban J connectivity index is 1.66. The molecule has 2 aromatic heterocycles. The topological polar surface area (TPSA) is 110 Å². The van der Waals surface area contributed by atoms with Gasteiger partial charge >= 0.3 is 0 Å². The summed E-state index contributed by atoms with van der Waals surface area (Å²) in [5.74, 6) is 1.21. The minimum absolute atomic E-state index is 0.0556. The van der Waals surface area contributed by atoms with Gasteiger partial charge in [0.2, 0.25) is 11.9 Å². The fraction of sp³-hybridized carbons (Fsp3) is 0.350. The Morgan fingerprint density at radius 1 is 1.21 bits per heavy atom. The van der Waals surface area contributed by atoms with Crippen molar-refractivity contribution >= 4 is 40.5 Å². The molecule has 1 aliphatic rings. The highest BCUT2D eigenvalue weighted by molar-refractivity contribution is 7.99. The van der Waals surface area contributed by atoms with Crippen molar-refractivity contribution in [3.63, 3.8) is 0 Å². The minimum Gasteiger partial charge on any atom is -0.368 e. The number of hydrogen-bond acceptors (Lipinski definition) is 8. The van der Waals surface area contributed by atoms with Crippen molar-refractivity contribution in [3.8, 4) is 0 Å². The first-order valence-corrected chi connectivity index (χ1v) is 10.3. The summed E-state index contributed by atoms with van der Waals surface area (Å²) in [6, 6.07) is 9.83. The van der Waals surface area contributed by atoms with Crippen LogP contribution in [0.15, 0.2) is 35.4 Å². The van der Waals surface area contributed by atoms with Gasteiger partial charge < -0.3 is 16.0 Å². The Labute approximate surface area is 173 Å². The van der Waals surface area contributed by atoms with Crippen LogP contribution in [0, 0.1) is 0 Å². The van der Waals surface area contributed by atoms with E-state index in [1.165, 1.54) is 11.8 Å². The Bertz CT molecular complexity index is 1070. The molecule has 1 fully saturated rings. The van der Waals surface area contributed by atoms with Crippen LogP contribution in [0.4, 0.5) is 11.9 Å². The molecular formula is C20H23N7OS. The zero-order valence-electron chi connectivity index (χ0n) is 16.6. The summed E-state index contributed by atoms with van der Waals surface area (Å²) in [4.78, 5) is 32.2. The molecule has 0 spiro atoms. The molecule has 3 aromatic rings. The van der Waals surface area contributed by atoms with Gasteiger partial charge in [0.15, 0.2) is 0 Å². The highest BCUT2D eigenvalue weighted by atomic mass is 32.2. The molecule has 1 aliphatic carbocycles. The third-order valence-corrected chi connectivity index (χ3v) is 5.58. The number of para-hydroxylation sites is 1. The molecule has 3 N–H and O–H groups in total. The summed E-state index contributed by atoms with van der Waals surface area (Å²) in [7, 11) is 3.71. The van der Waals surface area contributed by atoms with Crippen molar-refractivity contribution in [1.82, 2.24) is 25.3 Å². The highest BCUT2D eigenvalue weighted by Crippen LogP contribution is 2.34. The second-order valence-electron chi connectivity index (χ2n) is 7.28. The van der Waals surface area contributed by atoms with Gasteiger partial charge in [-0.1, -0.05) is 30.0 Å². The number of rotatable bonds is 6. The van der Waals surface area contributed by atoms with Crippen molar-refractivity contribution in [2.45, 2.75) is 36.1 Å². The van der Waals surface area contributed by atoms with Gasteiger partial charge in [0.25, 0.3) is 5.91 Å². The van der Waals surface area contributed by atoms with E-state index < -0.39 is 0 Å². The van der Waals surface area contributed by atoms with E-state index in [9.17, 15) is 4.79 Å². The number of anilines is 2. The highest BCUT2D eigenvalue weighted by Gasteiger charge is 2.25. The molecule has 1 amide bonds. The lowest BCUT2D eigenvalue weighted by Crippen LogP contribution is -2.25. The number of benzene rings is 1. The molecular weight excluding hydrogens is 386 g/mol. The van der Waals surface area contributed by atoms with Gasteiger partial charge in [-0.2, -0.15) is 15.0 Å². The van der Waals surface area contributed by atoms with Crippen LogP contribution in [0.5, 0.6) is 0 Å². The fourth-order valence-electron chi connectivity index (χ4n) is 2.90. The number of nitrogens with two attached hydrogens (primary N) is 1. The van der Waals surface area contributed by atoms with Crippen LogP contribution >= 0.6 is 11.8 Å². The van der Waals surface area contributed by atoms with Crippen LogP contribution < -0.4 is 16.0 Å². The van der Waals surface area contributed by atoms with Crippen molar-refractivity contribution in [3.05, 3.63) is 41.7 Å². The molecule has 0 radical (unpaired) electrons. The monoisotopic (exact) mass is 409 g/mol. The summed E-state index contributed by atoms with van der Waals surface area (Å²) in [6.07, 6.45) is 2.09. The van der Waals surface area contributed by atoms with E-state index in [4.69, 9.17) is 10.7 Å². The number of pyridine rings is 1. The van der Waals surface area contributed by atoms with Gasteiger partial charge in [-0.05, 0) is 31.9 Å². The number of nitrogens with one attached hydrogen (secondary N) is 1. The summed E-state index contributed by atoms with van der Waals surface area (Å²) >= 11 is 1.49. The van der Waals surface area contributed by atoms with E-state index in [2.05, 4.69) is 20.3 Å². The standard InChI is InChI=1S/C20H23N7OS/c1-11(17-24-19(21)26-20(25-17)27(2)3)29-16-10-14(18(28)22-12-8-9-12)13-6-4-5-7-15(13)23-16/h4-7,10-12H,8-9H2,1-3H3,(H,22,28)(H2,21,24,25,26). The fourth-order valence-corrected chi connectivity index (χ4v) is 3.81. The van der Waals surface area contributed by atoms with Gasteiger partial charge in [0.05, 0.1) is 21.4 Å². The zero-order valence-corrected chi connectivity index (χ0v) is 17.4. The van der Waals surface area contributed by atoms with E-state index >= 15 is 0 Å². The Kier molecular flexibility index (Phi) is 5.23. The number of carbonyl (C=O) groups excluding carboxylic acids is 1. The number of fused-ring (bicyclic) bond motifs is 1. The first kappa shape index (κ1) is 19.4. The molecule has 0 saturated heterocycles. The van der Waals surface area contributed by atoms with E-state index in [1.54, 1.807) is 4.90 Å². The van der Waals surface area contributed by atoms with Crippen LogP contribution in [0.25, 0.3) is 10.9 Å². The molecule has 29 heavy (non-hydrogen) atoms. The van der Waals surface area contributed by atoms with Gasteiger partial charge in [-0.15, -0.1) is 0 Å². The smallest absolute Gasteiger partial charge is 0.252 e. The molecule has 1 aromatic carbocycles. The van der Waals surface area contributed by atoms with Crippen molar-refractivity contribution < 1.29 is 4.79 Å². The average molecular weight is 410 g/mol. The van der Waals surface area contributed by atoms with Crippen LogP contribution in [-0.2, 0) is 0 Å². The Morgan fingerprint density at radius 3 is 2.69 bits per heavy atom. The molecule has 9 heteroatoms. The van der Waals surface area contributed by atoms with Crippen LogP contribution in [0.3, 0.4) is 0 Å². The third kappa shape index (κ3) is 4.40. The summed E-state index contributed by atoms with van der Waals surface area (Å²) in [6.45, 7) is 1.99. The maximum absolute atomic E-state index is 12.8. The first-order valence-electron chi connectivity index (χ1n) is 9.47. The average Bonchev–Trinajstić information content (AvgIpc) is 3.50. The molecule has 0 bridgehead atoms. The number of thioether (sulfide) groups is 1. The Hall–Kier alpha value is -2.94. The van der Waals surface area contributed by atoms with Crippen LogP contribution in [0.1, 0.15) is 41.2 Å². The molecule has 1 atom stereocenters. The molecule has 4 rings (SSSR count). The zero-order chi connectivity index (χ0) is 20.5. The molecule has 1 saturated carbocycles. The summed E-state index contributed by atoms with van der Waals surface area (Å²) < 4.78 is 0. The second kappa shape index (κ2) is 7.82.